The summed E-state index contributed by atoms with van der Waals surface area (Å²) in [6.07, 6.45) is 10.2. The van der Waals surface area contributed by atoms with E-state index in [1.54, 1.807) is 0 Å². The van der Waals surface area contributed by atoms with Gasteiger partial charge in [-0.25, -0.2) is 0 Å². The number of oxazole rings is 1. The molecular weight excluding hydrogens is 522 g/mol. The molecule has 0 amide bonds. The average molecular weight is 551 g/mol. The number of anilines is 1. The fourth-order valence-electron chi connectivity index (χ4n) is 4.44. The molecule has 0 aliphatic carbocycles. The fraction of sp³-hybridized carbons (Fsp3) is 0.214. The van der Waals surface area contributed by atoms with Gasteiger partial charge in [0, 0.05) is 36.6 Å². The summed E-state index contributed by atoms with van der Waals surface area (Å²) in [5, 5.41) is 0. The molecule has 1 aliphatic heterocycles. The second-order valence-corrected chi connectivity index (χ2v) is 9.12. The monoisotopic (exact) mass is 549 g/mol. The summed E-state index contributed by atoms with van der Waals surface area (Å²) in [6, 6.07) is 16.4. The van der Waals surface area contributed by atoms with Crippen molar-refractivity contribution in [3.63, 3.8) is 0 Å². The number of hydrogen-bond donors (Lipinski definition) is 0. The number of nitrogens with zero attached hydrogens (tertiary/aromatic N) is 3. The number of aryl methyl sites for hydroxylation is 1. The first kappa shape index (κ1) is 24.9. The van der Waals surface area contributed by atoms with Crippen LogP contribution in [-0.2, 0) is 13.1 Å². The number of thiazole rings is 1. The molecule has 5 nitrogen and oxygen atoms in total. The van der Waals surface area contributed by atoms with Gasteiger partial charge in [-0.3, -0.25) is 9.36 Å². The van der Waals surface area contributed by atoms with E-state index in [0.717, 1.165) is 40.3 Å². The van der Waals surface area contributed by atoms with E-state index in [0.29, 0.717) is 11.1 Å². The highest BCUT2D eigenvalue weighted by molar-refractivity contribution is 7.07. The summed E-state index contributed by atoms with van der Waals surface area (Å²) in [4.78, 5) is 15.4. The summed E-state index contributed by atoms with van der Waals surface area (Å²) >= 11 is 1.50. The van der Waals surface area contributed by atoms with E-state index in [-0.39, 0.29) is 22.5 Å². The number of para-hydroxylation sites is 3. The highest BCUT2D eigenvalue weighted by Crippen LogP contribution is 2.32. The number of fused-ring (bicyclic) bond motifs is 2. The van der Waals surface area contributed by atoms with Crippen molar-refractivity contribution < 1.29 is 26.0 Å². The molecule has 180 valence electrons. The molecule has 0 saturated carbocycles. The molecular formula is C28H28BrN3O2S. The molecule has 0 unspecified atom stereocenters. The summed E-state index contributed by atoms with van der Waals surface area (Å²) in [7, 11) is 0. The van der Waals surface area contributed by atoms with Crippen LogP contribution in [0.15, 0.2) is 76.1 Å². The third-order valence-electron chi connectivity index (χ3n) is 6.17. The average Bonchev–Trinajstić information content (AvgIpc) is 3.38. The summed E-state index contributed by atoms with van der Waals surface area (Å²) < 4.78 is 11.7. The van der Waals surface area contributed by atoms with E-state index in [2.05, 4.69) is 65.9 Å². The van der Waals surface area contributed by atoms with E-state index in [9.17, 15) is 4.79 Å². The molecule has 0 saturated heterocycles. The lowest BCUT2D eigenvalue weighted by molar-refractivity contribution is -0.674. The fourth-order valence-corrected chi connectivity index (χ4v) is 5.48. The Labute approximate surface area is 219 Å². The molecule has 35 heavy (non-hydrogen) atoms. The van der Waals surface area contributed by atoms with Crippen LogP contribution in [-0.4, -0.2) is 11.1 Å². The van der Waals surface area contributed by atoms with Crippen molar-refractivity contribution in [1.82, 2.24) is 4.57 Å². The van der Waals surface area contributed by atoms with Crippen LogP contribution in [0.1, 0.15) is 32.2 Å². The largest absolute Gasteiger partial charge is 1.00 e. The first-order valence-electron chi connectivity index (χ1n) is 11.7. The molecule has 0 spiro atoms. The van der Waals surface area contributed by atoms with Gasteiger partial charge < -0.3 is 26.3 Å². The van der Waals surface area contributed by atoms with E-state index < -0.39 is 0 Å². The third kappa shape index (κ3) is 4.58. The quantitative estimate of drug-likeness (QED) is 0.349. The molecule has 0 atom stereocenters. The molecule has 4 aromatic rings. The van der Waals surface area contributed by atoms with Gasteiger partial charge in [-0.2, -0.15) is 4.57 Å². The van der Waals surface area contributed by atoms with Gasteiger partial charge in [0.1, 0.15) is 11.2 Å². The minimum atomic E-state index is 0. The number of allylic oxidation sites excluding steroid dienone is 3. The predicted molar refractivity (Wildman–Crippen MR) is 140 cm³/mol. The molecule has 7 heteroatoms. The zero-order valence-electron chi connectivity index (χ0n) is 20.1. The van der Waals surface area contributed by atoms with Gasteiger partial charge in [-0.05, 0) is 50.6 Å². The number of aromatic nitrogens is 2. The maximum absolute atomic E-state index is 13.2. The Morgan fingerprint density at radius 2 is 1.77 bits per heavy atom. The molecule has 0 radical (unpaired) electrons. The van der Waals surface area contributed by atoms with Crippen LogP contribution in [0.3, 0.4) is 0 Å². The smallest absolute Gasteiger partial charge is 0.377 e. The topological polar surface area (TPSA) is 42.3 Å². The molecule has 0 bridgehead atoms. The van der Waals surface area contributed by atoms with E-state index >= 15 is 0 Å². The molecule has 2 aromatic heterocycles. The van der Waals surface area contributed by atoms with Gasteiger partial charge in [-0.15, -0.1) is 11.3 Å². The Kier molecular flexibility index (Phi) is 7.57. The van der Waals surface area contributed by atoms with Crippen LogP contribution < -0.4 is 41.2 Å². The van der Waals surface area contributed by atoms with Crippen LogP contribution in [0.5, 0.6) is 0 Å². The van der Waals surface area contributed by atoms with Crippen molar-refractivity contribution in [3.05, 3.63) is 97.9 Å². The first-order valence-corrected chi connectivity index (χ1v) is 12.5. The molecule has 1 aliphatic rings. The molecule has 3 heterocycles. The summed E-state index contributed by atoms with van der Waals surface area (Å²) in [6.45, 7) is 8.54. The van der Waals surface area contributed by atoms with E-state index in [1.807, 2.05) is 47.9 Å². The maximum atomic E-state index is 13.2. The van der Waals surface area contributed by atoms with Gasteiger partial charge in [0.05, 0.1) is 10.6 Å². The van der Waals surface area contributed by atoms with Crippen molar-refractivity contribution >= 4 is 45.8 Å². The van der Waals surface area contributed by atoms with Crippen LogP contribution in [0.25, 0.3) is 28.8 Å². The van der Waals surface area contributed by atoms with Gasteiger partial charge in [0.25, 0.3) is 11.1 Å². The SMILES string of the molecule is CCN1C=C/C(=C/C=c2\s/c(=C/c3oc4ccccc4[n+]3CC)n(CC)c2=O)c2ccccc21.[Br-]. The molecule has 0 N–H and O–H groups in total. The predicted octanol–water partition coefficient (Wildman–Crippen LogP) is 1.03. The normalized spacial score (nSPS) is 15.2. The Morgan fingerprint density at radius 1 is 1.00 bits per heavy atom. The standard InChI is InChI=1S/C28H28N3O2S.BrH/c1-4-29-18-17-20(21-11-7-8-12-22(21)29)15-16-25-28(32)31(6-3)27(34-25)19-26-30(5-2)23-13-9-10-14-24(23)33-26;/h7-19H,4-6H2,1-3H3;1H/q+1;/p-1/b20-15-,25-16-;. The minimum absolute atomic E-state index is 0. The van der Waals surface area contributed by atoms with Crippen molar-refractivity contribution in [2.45, 2.75) is 33.9 Å². The van der Waals surface area contributed by atoms with Crippen LogP contribution in [0.2, 0.25) is 0 Å². The number of hydrogen-bond acceptors (Lipinski definition) is 4. The second-order valence-electron chi connectivity index (χ2n) is 8.06. The van der Waals surface area contributed by atoms with E-state index in [4.69, 9.17) is 4.42 Å². The Morgan fingerprint density at radius 3 is 2.54 bits per heavy atom. The Bertz CT molecular complexity index is 1610. The molecule has 5 rings (SSSR count). The lowest BCUT2D eigenvalue weighted by Gasteiger charge is -2.26. The van der Waals surface area contributed by atoms with E-state index in [1.165, 1.54) is 22.6 Å². The lowest BCUT2D eigenvalue weighted by Crippen LogP contribution is -3.00. The second kappa shape index (κ2) is 10.6. The van der Waals surface area contributed by atoms with Crippen molar-refractivity contribution in [3.8, 4) is 0 Å². The van der Waals surface area contributed by atoms with Gasteiger partial charge in [0.2, 0.25) is 5.58 Å². The summed E-state index contributed by atoms with van der Waals surface area (Å²) in [5.74, 6) is 0.751. The van der Waals surface area contributed by atoms with Gasteiger partial charge in [0.15, 0.2) is 0 Å². The van der Waals surface area contributed by atoms with Crippen molar-refractivity contribution in [2.24, 2.45) is 0 Å². The summed E-state index contributed by atoms with van der Waals surface area (Å²) in [5.41, 5.74) is 5.39. The lowest BCUT2D eigenvalue weighted by atomic mass is 9.99. The van der Waals surface area contributed by atoms with Gasteiger partial charge in [-0.1, -0.05) is 36.4 Å². The first-order chi connectivity index (χ1) is 16.6. The minimum Gasteiger partial charge on any atom is -1.00 e. The zero-order valence-corrected chi connectivity index (χ0v) is 22.5. The Hall–Kier alpha value is -3.16. The highest BCUT2D eigenvalue weighted by atomic mass is 79.9. The van der Waals surface area contributed by atoms with Crippen LogP contribution in [0, 0.1) is 0 Å². The maximum Gasteiger partial charge on any atom is 0.377 e. The number of benzene rings is 2. The number of halogens is 1. The third-order valence-corrected chi connectivity index (χ3v) is 7.24. The highest BCUT2D eigenvalue weighted by Gasteiger charge is 2.19. The molecule has 2 aromatic carbocycles. The van der Waals surface area contributed by atoms with Crippen LogP contribution >= 0.6 is 11.3 Å². The Balaban J connectivity index is 0.00000289. The van der Waals surface area contributed by atoms with Crippen molar-refractivity contribution in [2.75, 3.05) is 11.4 Å². The van der Waals surface area contributed by atoms with Crippen LogP contribution in [0.4, 0.5) is 5.69 Å². The zero-order chi connectivity index (χ0) is 23.7. The number of rotatable bonds is 5. The molecule has 0 fully saturated rings. The van der Waals surface area contributed by atoms with Gasteiger partial charge >= 0.3 is 5.89 Å². The van der Waals surface area contributed by atoms with Crippen molar-refractivity contribution in [1.29, 1.82) is 0 Å².